The smallest absolute Gasteiger partial charge is 0.412 e. The SMILES string of the molecule is C[C@H]1OCN(C(=O)OC(C)(C)C)[C@H]1C(=O)O. The zero-order valence-electron chi connectivity index (χ0n) is 9.89. The Labute approximate surface area is 94.1 Å². The summed E-state index contributed by atoms with van der Waals surface area (Å²) < 4.78 is 10.2. The van der Waals surface area contributed by atoms with E-state index in [0.29, 0.717) is 0 Å². The molecule has 6 heteroatoms. The van der Waals surface area contributed by atoms with Gasteiger partial charge in [-0.3, -0.25) is 4.90 Å². The number of nitrogens with zero attached hydrogens (tertiary/aromatic N) is 1. The van der Waals surface area contributed by atoms with Gasteiger partial charge in [0.2, 0.25) is 0 Å². The molecule has 6 nitrogen and oxygen atoms in total. The van der Waals surface area contributed by atoms with Gasteiger partial charge in [0.15, 0.2) is 6.04 Å². The van der Waals surface area contributed by atoms with E-state index >= 15 is 0 Å². The third-order valence-electron chi connectivity index (χ3n) is 2.14. The number of aliphatic carboxylic acids is 1. The first-order valence-corrected chi connectivity index (χ1v) is 5.06. The molecule has 0 radical (unpaired) electrons. The first kappa shape index (κ1) is 12.8. The number of hydrogen-bond acceptors (Lipinski definition) is 4. The van der Waals surface area contributed by atoms with E-state index in [1.807, 2.05) is 0 Å². The predicted octanol–water partition coefficient (Wildman–Crippen LogP) is 1.05. The highest BCUT2D eigenvalue weighted by Gasteiger charge is 2.42. The van der Waals surface area contributed by atoms with Gasteiger partial charge in [-0.15, -0.1) is 0 Å². The maximum absolute atomic E-state index is 11.7. The van der Waals surface area contributed by atoms with Gasteiger partial charge in [-0.1, -0.05) is 0 Å². The fraction of sp³-hybridized carbons (Fsp3) is 0.800. The summed E-state index contributed by atoms with van der Waals surface area (Å²) in [6.45, 7) is 6.74. The number of carbonyl (C=O) groups excluding carboxylic acids is 1. The Kier molecular flexibility index (Phi) is 3.42. The highest BCUT2D eigenvalue weighted by Crippen LogP contribution is 2.20. The molecule has 2 atom stereocenters. The lowest BCUT2D eigenvalue weighted by Gasteiger charge is -2.26. The highest BCUT2D eigenvalue weighted by molar-refractivity contribution is 5.81. The molecular weight excluding hydrogens is 214 g/mol. The third kappa shape index (κ3) is 2.85. The Morgan fingerprint density at radius 3 is 2.44 bits per heavy atom. The molecule has 92 valence electrons. The van der Waals surface area contributed by atoms with Crippen LogP contribution < -0.4 is 0 Å². The van der Waals surface area contributed by atoms with Crippen LogP contribution in [0, 0.1) is 0 Å². The van der Waals surface area contributed by atoms with Gasteiger partial charge < -0.3 is 14.6 Å². The van der Waals surface area contributed by atoms with Crippen LogP contribution in [0.1, 0.15) is 27.7 Å². The molecule has 0 saturated carbocycles. The van der Waals surface area contributed by atoms with E-state index in [0.717, 1.165) is 4.90 Å². The minimum atomic E-state index is -1.09. The van der Waals surface area contributed by atoms with Gasteiger partial charge >= 0.3 is 12.1 Å². The quantitative estimate of drug-likeness (QED) is 0.730. The molecule has 0 spiro atoms. The first-order chi connectivity index (χ1) is 7.22. The Balaban J connectivity index is 2.73. The summed E-state index contributed by atoms with van der Waals surface area (Å²) in [5.74, 6) is -1.09. The van der Waals surface area contributed by atoms with Gasteiger partial charge in [0, 0.05) is 0 Å². The molecule has 1 fully saturated rings. The Morgan fingerprint density at radius 2 is 2.00 bits per heavy atom. The molecule has 1 rings (SSSR count). The summed E-state index contributed by atoms with van der Waals surface area (Å²) in [4.78, 5) is 23.7. The van der Waals surface area contributed by atoms with E-state index in [4.69, 9.17) is 14.6 Å². The number of carboxylic acid groups (broad SMARTS) is 1. The van der Waals surface area contributed by atoms with Crippen molar-refractivity contribution in [3.63, 3.8) is 0 Å². The number of hydrogen-bond donors (Lipinski definition) is 1. The molecule has 1 aliphatic rings. The van der Waals surface area contributed by atoms with E-state index in [1.54, 1.807) is 27.7 Å². The van der Waals surface area contributed by atoms with Crippen LogP contribution in [0.2, 0.25) is 0 Å². The summed E-state index contributed by atoms with van der Waals surface area (Å²) in [7, 11) is 0. The topological polar surface area (TPSA) is 76.1 Å². The van der Waals surface area contributed by atoms with Gasteiger partial charge in [0.1, 0.15) is 12.3 Å². The second kappa shape index (κ2) is 4.29. The zero-order valence-corrected chi connectivity index (χ0v) is 9.89. The van der Waals surface area contributed by atoms with Gasteiger partial charge in [-0.05, 0) is 27.7 Å². The van der Waals surface area contributed by atoms with E-state index in [-0.39, 0.29) is 6.73 Å². The molecule has 0 aliphatic carbocycles. The van der Waals surface area contributed by atoms with Crippen molar-refractivity contribution in [1.82, 2.24) is 4.90 Å². The summed E-state index contributed by atoms with van der Waals surface area (Å²) in [6, 6.07) is -0.977. The van der Waals surface area contributed by atoms with Crippen LogP contribution >= 0.6 is 0 Å². The van der Waals surface area contributed by atoms with Crippen LogP contribution in [0.5, 0.6) is 0 Å². The molecule has 0 bridgehead atoms. The third-order valence-corrected chi connectivity index (χ3v) is 2.14. The van der Waals surface area contributed by atoms with Gasteiger partial charge in [-0.2, -0.15) is 0 Å². The average molecular weight is 231 g/mol. The van der Waals surface area contributed by atoms with E-state index in [1.165, 1.54) is 0 Å². The Morgan fingerprint density at radius 1 is 1.44 bits per heavy atom. The number of amides is 1. The second-order valence-electron chi connectivity index (χ2n) is 4.73. The predicted molar refractivity (Wildman–Crippen MR) is 54.9 cm³/mol. The number of rotatable bonds is 1. The fourth-order valence-electron chi connectivity index (χ4n) is 1.44. The Hall–Kier alpha value is -1.30. The van der Waals surface area contributed by atoms with Crippen molar-refractivity contribution in [2.24, 2.45) is 0 Å². The van der Waals surface area contributed by atoms with Crippen LogP contribution in [-0.4, -0.2) is 46.5 Å². The maximum Gasteiger partial charge on any atom is 0.412 e. The first-order valence-electron chi connectivity index (χ1n) is 5.06. The molecule has 1 heterocycles. The average Bonchev–Trinajstić information content (AvgIpc) is 2.43. The lowest BCUT2D eigenvalue weighted by molar-refractivity contribution is -0.142. The van der Waals surface area contributed by atoms with E-state index < -0.39 is 29.8 Å². The lowest BCUT2D eigenvalue weighted by Crippen LogP contribution is -2.46. The van der Waals surface area contributed by atoms with Crippen LogP contribution in [0.25, 0.3) is 0 Å². The maximum atomic E-state index is 11.7. The lowest BCUT2D eigenvalue weighted by atomic mass is 10.2. The van der Waals surface area contributed by atoms with Crippen molar-refractivity contribution < 1.29 is 24.2 Å². The van der Waals surface area contributed by atoms with Crippen LogP contribution in [0.15, 0.2) is 0 Å². The van der Waals surface area contributed by atoms with Crippen LogP contribution in [0.3, 0.4) is 0 Å². The molecule has 0 unspecified atom stereocenters. The molecule has 1 saturated heterocycles. The molecule has 0 aromatic carbocycles. The summed E-state index contributed by atoms with van der Waals surface area (Å²) in [6.07, 6.45) is -1.19. The van der Waals surface area contributed by atoms with Crippen molar-refractivity contribution in [3.05, 3.63) is 0 Å². The molecule has 0 aromatic heterocycles. The van der Waals surface area contributed by atoms with Crippen LogP contribution in [0.4, 0.5) is 4.79 Å². The largest absolute Gasteiger partial charge is 0.480 e. The van der Waals surface area contributed by atoms with E-state index in [9.17, 15) is 9.59 Å². The van der Waals surface area contributed by atoms with Crippen molar-refractivity contribution >= 4 is 12.1 Å². The van der Waals surface area contributed by atoms with Gasteiger partial charge in [0.25, 0.3) is 0 Å². The van der Waals surface area contributed by atoms with Crippen molar-refractivity contribution in [3.8, 4) is 0 Å². The second-order valence-corrected chi connectivity index (χ2v) is 4.73. The highest BCUT2D eigenvalue weighted by atomic mass is 16.6. The molecule has 1 N–H and O–H groups in total. The van der Waals surface area contributed by atoms with Crippen LogP contribution in [-0.2, 0) is 14.3 Å². The summed E-state index contributed by atoms with van der Waals surface area (Å²) in [5.41, 5.74) is -0.647. The number of carboxylic acids is 1. The van der Waals surface area contributed by atoms with Crippen molar-refractivity contribution in [2.45, 2.75) is 45.4 Å². The van der Waals surface area contributed by atoms with E-state index in [2.05, 4.69) is 0 Å². The molecule has 1 amide bonds. The van der Waals surface area contributed by atoms with Crippen molar-refractivity contribution in [2.75, 3.05) is 6.73 Å². The molecule has 0 aromatic rings. The van der Waals surface area contributed by atoms with Crippen molar-refractivity contribution in [1.29, 1.82) is 0 Å². The molecule has 16 heavy (non-hydrogen) atoms. The Bertz CT molecular complexity index is 296. The monoisotopic (exact) mass is 231 g/mol. The molecule has 1 aliphatic heterocycles. The number of ether oxygens (including phenoxy) is 2. The van der Waals surface area contributed by atoms with Gasteiger partial charge in [0.05, 0.1) is 6.10 Å². The molecular formula is C10H17NO5. The number of carbonyl (C=O) groups is 2. The summed E-state index contributed by atoms with van der Waals surface area (Å²) >= 11 is 0. The normalized spacial score (nSPS) is 25.6. The minimum absolute atomic E-state index is 0.0486. The summed E-state index contributed by atoms with van der Waals surface area (Å²) in [5, 5.41) is 8.97. The fourth-order valence-corrected chi connectivity index (χ4v) is 1.44. The standard InChI is InChI=1S/C10H17NO5/c1-6-7(8(12)13)11(5-15-6)9(14)16-10(2,3)4/h6-7H,5H2,1-4H3,(H,12,13)/t6-,7-/m1/s1. The minimum Gasteiger partial charge on any atom is -0.480 e. The zero-order chi connectivity index (χ0) is 12.5. The van der Waals surface area contributed by atoms with Gasteiger partial charge in [-0.25, -0.2) is 9.59 Å².